The third-order valence-electron chi connectivity index (χ3n) is 12.0. The fourth-order valence-electron chi connectivity index (χ4n) is 9.62. The molecule has 2 aliphatic heterocycles. The van der Waals surface area contributed by atoms with Gasteiger partial charge in [-0.15, -0.1) is 17.9 Å². The number of hydrogen-bond donors (Lipinski definition) is 1. The Labute approximate surface area is 311 Å². The van der Waals surface area contributed by atoms with Gasteiger partial charge in [0.1, 0.15) is 17.3 Å². The zero-order valence-corrected chi connectivity index (χ0v) is 31.6. The molecule has 0 spiro atoms. The number of benzene rings is 2. The van der Waals surface area contributed by atoms with Gasteiger partial charge in [0.2, 0.25) is 23.6 Å². The van der Waals surface area contributed by atoms with Crippen LogP contribution in [0.3, 0.4) is 0 Å². The number of rotatable bonds is 5. The molecular weight excluding hydrogens is 696 g/mol. The fraction of sp³-hybridized carbons (Fsp3) is 0.390. The van der Waals surface area contributed by atoms with E-state index in [1.54, 1.807) is 35.2 Å². The van der Waals surface area contributed by atoms with Crippen molar-refractivity contribution < 1.29 is 24.3 Å². The first-order chi connectivity index (χ1) is 24.6. The van der Waals surface area contributed by atoms with Gasteiger partial charge in [-0.25, -0.2) is 4.90 Å². The van der Waals surface area contributed by atoms with Crippen molar-refractivity contribution in [3.05, 3.63) is 88.5 Å². The van der Waals surface area contributed by atoms with Crippen LogP contribution in [0.5, 0.6) is 5.75 Å². The molecule has 4 amide bonds. The van der Waals surface area contributed by atoms with Crippen molar-refractivity contribution in [1.82, 2.24) is 14.7 Å². The number of allylic oxidation sites excluding steroid dienone is 3. The molecule has 52 heavy (non-hydrogen) atoms. The van der Waals surface area contributed by atoms with Crippen molar-refractivity contribution in [3.8, 4) is 16.3 Å². The largest absolute Gasteiger partial charge is 0.507 e. The summed E-state index contributed by atoms with van der Waals surface area (Å²) in [5.41, 5.74) is 1.64. The second-order valence-corrected chi connectivity index (χ2v) is 17.4. The van der Waals surface area contributed by atoms with Crippen LogP contribution >= 0.6 is 22.9 Å². The zero-order valence-electron chi connectivity index (χ0n) is 30.1. The second kappa shape index (κ2) is 11.7. The number of carbonyl (C=O) groups excluding carboxylic acids is 4. The highest BCUT2D eigenvalue weighted by atomic mass is 35.5. The number of fused-ring (bicyclic) bond motifs is 5. The lowest BCUT2D eigenvalue weighted by Crippen LogP contribution is -2.49. The van der Waals surface area contributed by atoms with E-state index in [4.69, 9.17) is 16.7 Å². The number of carbonyl (C=O) groups is 4. The quantitative estimate of drug-likeness (QED) is 0.166. The number of amides is 4. The molecule has 1 saturated carbocycles. The van der Waals surface area contributed by atoms with E-state index in [0.717, 1.165) is 26.1 Å². The summed E-state index contributed by atoms with van der Waals surface area (Å²) in [6.45, 7) is 13.3. The first-order valence-corrected chi connectivity index (χ1v) is 18.9. The van der Waals surface area contributed by atoms with Crippen LogP contribution in [-0.2, 0) is 32.6 Å². The number of hydrogen-bond acceptors (Lipinski definition) is 7. The van der Waals surface area contributed by atoms with E-state index >= 15 is 4.79 Å². The van der Waals surface area contributed by atoms with Gasteiger partial charge in [0.05, 0.1) is 28.0 Å². The summed E-state index contributed by atoms with van der Waals surface area (Å²) in [7, 11) is 1.72. The highest BCUT2D eigenvalue weighted by Gasteiger charge is 2.68. The SMILES string of the molecule is C=CCc1cccc(C2C3=CCC4C(=O)N(C(C)(C)C)C(=O)C4C3CC3C(=O)N(c4cc(-c5sc6ccc(Cl)cc6c5C)nn4C)C(=O)C32C)c1O. The molecule has 268 valence electrons. The molecule has 4 aliphatic rings. The fourth-order valence-corrected chi connectivity index (χ4v) is 10.9. The van der Waals surface area contributed by atoms with Crippen molar-refractivity contribution in [3.63, 3.8) is 0 Å². The van der Waals surface area contributed by atoms with E-state index in [2.05, 4.69) is 6.58 Å². The third-order valence-corrected chi connectivity index (χ3v) is 13.5. The van der Waals surface area contributed by atoms with Gasteiger partial charge >= 0.3 is 0 Å². The molecule has 4 heterocycles. The van der Waals surface area contributed by atoms with Crippen molar-refractivity contribution in [2.75, 3.05) is 4.90 Å². The molecular formula is C41H41ClN4O5S. The van der Waals surface area contributed by atoms with Crippen molar-refractivity contribution in [2.24, 2.45) is 36.1 Å². The summed E-state index contributed by atoms with van der Waals surface area (Å²) < 4.78 is 2.62. The van der Waals surface area contributed by atoms with Crippen LogP contribution in [0.4, 0.5) is 5.82 Å². The number of anilines is 1. The summed E-state index contributed by atoms with van der Waals surface area (Å²) in [6.07, 6.45) is 4.70. The number of aromatic nitrogens is 2. The molecule has 2 aromatic heterocycles. The maximum atomic E-state index is 15.1. The Morgan fingerprint density at radius 3 is 2.54 bits per heavy atom. The van der Waals surface area contributed by atoms with E-state index in [9.17, 15) is 19.5 Å². The summed E-state index contributed by atoms with van der Waals surface area (Å²) >= 11 is 7.89. The number of nitrogens with zero attached hydrogens (tertiary/aromatic N) is 4. The van der Waals surface area contributed by atoms with Gasteiger partial charge in [-0.2, -0.15) is 5.10 Å². The summed E-state index contributed by atoms with van der Waals surface area (Å²) in [5.74, 6) is -4.05. The first kappa shape index (κ1) is 34.5. The molecule has 8 rings (SSSR count). The molecule has 9 nitrogen and oxygen atoms in total. The number of aryl methyl sites for hydroxylation is 2. The number of phenolic OH excluding ortho intramolecular Hbond substituents is 1. The predicted molar refractivity (Wildman–Crippen MR) is 202 cm³/mol. The highest BCUT2D eigenvalue weighted by Crippen LogP contribution is 2.65. The highest BCUT2D eigenvalue weighted by molar-refractivity contribution is 7.22. The van der Waals surface area contributed by atoms with Gasteiger partial charge in [0.25, 0.3) is 0 Å². The number of halogens is 1. The van der Waals surface area contributed by atoms with E-state index in [1.807, 2.05) is 77.1 Å². The Morgan fingerprint density at radius 2 is 1.83 bits per heavy atom. The maximum Gasteiger partial charge on any atom is 0.242 e. The first-order valence-electron chi connectivity index (χ1n) is 17.7. The van der Waals surface area contributed by atoms with Gasteiger partial charge < -0.3 is 5.11 Å². The lowest BCUT2D eigenvalue weighted by Gasteiger charge is -2.49. The summed E-state index contributed by atoms with van der Waals surface area (Å²) in [4.78, 5) is 61.6. The van der Waals surface area contributed by atoms with Gasteiger partial charge in [0.15, 0.2) is 0 Å². The van der Waals surface area contributed by atoms with Gasteiger partial charge in [0, 0.05) is 39.9 Å². The lowest BCUT2D eigenvalue weighted by atomic mass is 9.51. The van der Waals surface area contributed by atoms with Crippen LogP contribution in [0.1, 0.15) is 63.1 Å². The van der Waals surface area contributed by atoms with Crippen LogP contribution < -0.4 is 4.90 Å². The molecule has 1 N–H and O–H groups in total. The van der Waals surface area contributed by atoms with Crippen LogP contribution in [0.2, 0.25) is 5.02 Å². The molecule has 6 unspecified atom stereocenters. The number of likely N-dealkylation sites (tertiary alicyclic amines) is 1. The lowest BCUT2D eigenvalue weighted by molar-refractivity contribution is -0.145. The topological polar surface area (TPSA) is 113 Å². The standard InChI is InChI=1S/C41H41ClN4O5S/c1-8-10-21-11-9-12-25(34(21)47)33-23-14-15-24-32(38(50)46(36(24)48)40(3,4)5)27(23)18-28-37(49)45(39(51)41(28,33)6)31-19-29(43-44(31)7)35-20(2)26-17-22(42)13-16-30(26)52-35/h8-9,11-14,16-17,19,24,27-28,32-33,47H,1,10,15,18H2,2-7H3. The van der Waals surface area contributed by atoms with Gasteiger partial charge in [-0.05, 0) is 94.5 Å². The minimum absolute atomic E-state index is 0.0445. The van der Waals surface area contributed by atoms with Crippen LogP contribution in [0.25, 0.3) is 20.7 Å². The Balaban J connectivity index is 1.27. The minimum Gasteiger partial charge on any atom is -0.507 e. The molecule has 2 aromatic carbocycles. The maximum absolute atomic E-state index is 15.1. The molecule has 2 saturated heterocycles. The molecule has 6 atom stereocenters. The third kappa shape index (κ3) is 4.69. The molecule has 0 bridgehead atoms. The zero-order chi connectivity index (χ0) is 37.2. The molecule has 0 radical (unpaired) electrons. The number of thiophene rings is 1. The minimum atomic E-state index is -1.30. The average Bonchev–Trinajstić information content (AvgIpc) is 3.76. The molecule has 3 fully saturated rings. The number of imide groups is 2. The van der Waals surface area contributed by atoms with Crippen molar-refractivity contribution >= 4 is 62.5 Å². The normalized spacial score (nSPS) is 27.3. The van der Waals surface area contributed by atoms with E-state index in [0.29, 0.717) is 40.5 Å². The van der Waals surface area contributed by atoms with Gasteiger partial charge in [-0.1, -0.05) is 47.5 Å². The van der Waals surface area contributed by atoms with E-state index in [-0.39, 0.29) is 35.8 Å². The second-order valence-electron chi connectivity index (χ2n) is 15.9. The Kier molecular flexibility index (Phi) is 7.79. The Bertz CT molecular complexity index is 2300. The summed E-state index contributed by atoms with van der Waals surface area (Å²) in [5, 5.41) is 18.3. The molecule has 11 heteroatoms. The van der Waals surface area contributed by atoms with Crippen molar-refractivity contribution in [1.29, 1.82) is 0 Å². The van der Waals surface area contributed by atoms with Crippen molar-refractivity contribution in [2.45, 2.75) is 65.3 Å². The number of phenols is 1. The van der Waals surface area contributed by atoms with E-state index in [1.165, 1.54) is 9.80 Å². The Morgan fingerprint density at radius 1 is 1.08 bits per heavy atom. The number of aromatic hydroxyl groups is 1. The smallest absolute Gasteiger partial charge is 0.242 e. The number of para-hydroxylation sites is 1. The van der Waals surface area contributed by atoms with Gasteiger partial charge in [-0.3, -0.25) is 28.8 Å². The van der Waals surface area contributed by atoms with Crippen LogP contribution in [0, 0.1) is 36.0 Å². The predicted octanol–water partition coefficient (Wildman–Crippen LogP) is 7.73. The summed E-state index contributed by atoms with van der Waals surface area (Å²) in [6, 6.07) is 13.0. The monoisotopic (exact) mass is 736 g/mol. The molecule has 4 aromatic rings. The van der Waals surface area contributed by atoms with E-state index < -0.39 is 40.5 Å². The average molecular weight is 737 g/mol. The van der Waals surface area contributed by atoms with Crippen LogP contribution in [-0.4, -0.2) is 49.0 Å². The van der Waals surface area contributed by atoms with Crippen LogP contribution in [0.15, 0.2) is 66.8 Å². The Hall–Kier alpha value is -4.54. The molecule has 2 aliphatic carbocycles.